The van der Waals surface area contributed by atoms with Gasteiger partial charge in [-0.05, 0) is 13.8 Å². The summed E-state index contributed by atoms with van der Waals surface area (Å²) in [6.45, 7) is 3.85. The summed E-state index contributed by atoms with van der Waals surface area (Å²) in [6.07, 6.45) is 3.83. The van der Waals surface area contributed by atoms with Crippen LogP contribution in [0.2, 0.25) is 0 Å². The van der Waals surface area contributed by atoms with Crippen molar-refractivity contribution in [3.63, 3.8) is 0 Å². The Hall–Kier alpha value is -0.170. The Kier molecular flexibility index (Phi) is 2.95. The number of thiocarbonyl (C=S) groups is 1. The van der Waals surface area contributed by atoms with Crippen molar-refractivity contribution < 1.29 is 0 Å². The van der Waals surface area contributed by atoms with E-state index in [1.165, 1.54) is 0 Å². The van der Waals surface area contributed by atoms with Crippen LogP contribution in [0.5, 0.6) is 0 Å². The van der Waals surface area contributed by atoms with Crippen molar-refractivity contribution in [1.82, 2.24) is 0 Å². The number of allylic oxidation sites excluding steroid dienone is 2. The first kappa shape index (κ1) is 5.83. The molecular weight excluding hydrogens is 92.1 g/mol. The predicted molar refractivity (Wildman–Crippen MR) is 33.1 cm³/mol. The predicted octanol–water partition coefficient (Wildman–Crippen LogP) is 1.95. The normalized spacial score (nSPS) is 9.67. The first-order chi connectivity index (χ1) is 2.77. The van der Waals surface area contributed by atoms with Crippen LogP contribution in [-0.2, 0) is 0 Å². The monoisotopic (exact) mass is 100 g/mol. The van der Waals surface area contributed by atoms with E-state index in [1.807, 2.05) is 26.0 Å². The number of hydrogen-bond donors (Lipinski definition) is 0. The van der Waals surface area contributed by atoms with Crippen molar-refractivity contribution in [2.24, 2.45) is 0 Å². The summed E-state index contributed by atoms with van der Waals surface area (Å²) in [7, 11) is 0. The number of hydrogen-bond acceptors (Lipinski definition) is 1. The molecular formula is C5H8S. The van der Waals surface area contributed by atoms with Crippen LogP contribution in [0.25, 0.3) is 0 Å². The molecule has 0 nitrogen and oxygen atoms in total. The Morgan fingerprint density at radius 2 is 2.17 bits per heavy atom. The highest BCUT2D eigenvalue weighted by Crippen LogP contribution is 1.74. The van der Waals surface area contributed by atoms with Crippen LogP contribution in [0.4, 0.5) is 0 Å². The molecule has 0 saturated heterocycles. The first-order valence-electron chi connectivity index (χ1n) is 1.90. The van der Waals surface area contributed by atoms with Gasteiger partial charge >= 0.3 is 0 Å². The van der Waals surface area contributed by atoms with E-state index in [-0.39, 0.29) is 0 Å². The molecule has 0 aliphatic rings. The van der Waals surface area contributed by atoms with E-state index in [4.69, 9.17) is 12.2 Å². The van der Waals surface area contributed by atoms with Crippen LogP contribution in [0.3, 0.4) is 0 Å². The van der Waals surface area contributed by atoms with Crippen LogP contribution < -0.4 is 0 Å². The Balaban J connectivity index is 3.30. The van der Waals surface area contributed by atoms with Gasteiger partial charge in [0.05, 0.1) is 0 Å². The molecule has 0 atom stereocenters. The second-order valence-corrected chi connectivity index (χ2v) is 1.75. The molecule has 0 aliphatic carbocycles. The molecule has 0 spiro atoms. The fourth-order valence-corrected chi connectivity index (χ4v) is 0.371. The third-order valence-corrected chi connectivity index (χ3v) is 0.537. The molecule has 0 fully saturated rings. The van der Waals surface area contributed by atoms with E-state index in [1.54, 1.807) is 0 Å². The quantitative estimate of drug-likeness (QED) is 0.358. The molecule has 6 heavy (non-hydrogen) atoms. The van der Waals surface area contributed by atoms with Gasteiger partial charge in [0.15, 0.2) is 0 Å². The first-order valence-corrected chi connectivity index (χ1v) is 2.31. The van der Waals surface area contributed by atoms with Crippen molar-refractivity contribution >= 4 is 17.1 Å². The highest BCUT2D eigenvalue weighted by Gasteiger charge is 1.67. The molecule has 0 bridgehead atoms. The third kappa shape index (κ3) is 3.83. The van der Waals surface area contributed by atoms with Gasteiger partial charge in [0, 0.05) is 4.86 Å². The molecule has 0 aromatic heterocycles. The van der Waals surface area contributed by atoms with Gasteiger partial charge in [0.1, 0.15) is 0 Å². The van der Waals surface area contributed by atoms with E-state index in [9.17, 15) is 0 Å². The van der Waals surface area contributed by atoms with Crippen LogP contribution in [-0.4, -0.2) is 4.86 Å². The van der Waals surface area contributed by atoms with Crippen molar-refractivity contribution in [3.05, 3.63) is 12.2 Å². The lowest BCUT2D eigenvalue weighted by Crippen LogP contribution is -1.70. The second-order valence-electron chi connectivity index (χ2n) is 1.11. The Bertz CT molecular complexity index is 72.0. The molecule has 0 heterocycles. The Morgan fingerprint density at radius 1 is 1.67 bits per heavy atom. The molecule has 1 heteroatoms. The zero-order valence-corrected chi connectivity index (χ0v) is 4.88. The van der Waals surface area contributed by atoms with Crippen molar-refractivity contribution in [3.8, 4) is 0 Å². The second kappa shape index (κ2) is 3.04. The third-order valence-electron chi connectivity index (χ3n) is 0.401. The lowest BCUT2D eigenvalue weighted by molar-refractivity contribution is 1.76. The van der Waals surface area contributed by atoms with Gasteiger partial charge < -0.3 is 0 Å². The van der Waals surface area contributed by atoms with Crippen LogP contribution >= 0.6 is 12.2 Å². The highest BCUT2D eigenvalue weighted by atomic mass is 32.1. The Morgan fingerprint density at radius 3 is 2.17 bits per heavy atom. The molecule has 0 aromatic carbocycles. The highest BCUT2D eigenvalue weighted by molar-refractivity contribution is 7.80. The van der Waals surface area contributed by atoms with E-state index in [0.717, 1.165) is 4.86 Å². The van der Waals surface area contributed by atoms with Crippen LogP contribution in [0.1, 0.15) is 13.8 Å². The van der Waals surface area contributed by atoms with Gasteiger partial charge in [-0.25, -0.2) is 0 Å². The molecule has 0 rings (SSSR count). The minimum absolute atomic E-state index is 0.942. The lowest BCUT2D eigenvalue weighted by atomic mass is 10.4. The fourth-order valence-electron chi connectivity index (χ4n) is 0.235. The minimum Gasteiger partial charge on any atom is -0.0866 e. The summed E-state index contributed by atoms with van der Waals surface area (Å²) in [4.78, 5) is 0.942. The van der Waals surface area contributed by atoms with Crippen LogP contribution in [0, 0.1) is 0 Å². The molecule has 34 valence electrons. The molecule has 0 amide bonds. The summed E-state index contributed by atoms with van der Waals surface area (Å²) >= 11 is 4.71. The standard InChI is InChI=1S/C5H8S/c1-3-4-5(2)6/h3-4H,1-2H3. The van der Waals surface area contributed by atoms with Gasteiger partial charge in [-0.2, -0.15) is 0 Å². The topological polar surface area (TPSA) is 0 Å². The van der Waals surface area contributed by atoms with Crippen molar-refractivity contribution in [2.45, 2.75) is 13.8 Å². The van der Waals surface area contributed by atoms with E-state index in [2.05, 4.69) is 0 Å². The van der Waals surface area contributed by atoms with E-state index < -0.39 is 0 Å². The van der Waals surface area contributed by atoms with Gasteiger partial charge in [0.2, 0.25) is 0 Å². The van der Waals surface area contributed by atoms with Gasteiger partial charge in [-0.3, -0.25) is 0 Å². The Labute approximate surface area is 43.9 Å². The average Bonchev–Trinajstić information content (AvgIpc) is 1.35. The van der Waals surface area contributed by atoms with Crippen molar-refractivity contribution in [1.29, 1.82) is 0 Å². The molecule has 0 saturated carbocycles. The van der Waals surface area contributed by atoms with Gasteiger partial charge in [-0.1, -0.05) is 24.4 Å². The average molecular weight is 100 g/mol. The van der Waals surface area contributed by atoms with Gasteiger partial charge in [0.25, 0.3) is 0 Å². The van der Waals surface area contributed by atoms with Crippen LogP contribution in [0.15, 0.2) is 12.2 Å². The zero-order chi connectivity index (χ0) is 4.99. The summed E-state index contributed by atoms with van der Waals surface area (Å²) in [5.41, 5.74) is 0. The largest absolute Gasteiger partial charge is 0.0866 e. The zero-order valence-electron chi connectivity index (χ0n) is 4.06. The summed E-state index contributed by atoms with van der Waals surface area (Å²) < 4.78 is 0. The lowest BCUT2D eigenvalue weighted by Gasteiger charge is -1.72. The maximum absolute atomic E-state index is 4.71. The minimum atomic E-state index is 0.942. The summed E-state index contributed by atoms with van der Waals surface area (Å²) in [5.74, 6) is 0. The van der Waals surface area contributed by atoms with Crippen molar-refractivity contribution in [2.75, 3.05) is 0 Å². The van der Waals surface area contributed by atoms with E-state index >= 15 is 0 Å². The molecule has 0 radical (unpaired) electrons. The van der Waals surface area contributed by atoms with Gasteiger partial charge in [-0.15, -0.1) is 0 Å². The summed E-state index contributed by atoms with van der Waals surface area (Å²) in [6, 6.07) is 0. The summed E-state index contributed by atoms with van der Waals surface area (Å²) in [5, 5.41) is 0. The maximum Gasteiger partial charge on any atom is 0.0117 e. The maximum atomic E-state index is 4.71. The smallest absolute Gasteiger partial charge is 0.0117 e. The SMILES string of the molecule is CC=CC(C)=S. The molecule has 0 aliphatic heterocycles. The van der Waals surface area contributed by atoms with E-state index in [0.29, 0.717) is 0 Å². The fraction of sp³-hybridized carbons (Fsp3) is 0.400. The molecule has 0 N–H and O–H groups in total. The molecule has 0 aromatic rings. The number of rotatable bonds is 1. The molecule has 0 unspecified atom stereocenters.